The van der Waals surface area contributed by atoms with Crippen molar-refractivity contribution in [3.8, 4) is 0 Å². The Balaban J connectivity index is 1.38. The van der Waals surface area contributed by atoms with Crippen molar-refractivity contribution in [1.82, 2.24) is 10.3 Å². The van der Waals surface area contributed by atoms with Gasteiger partial charge in [0.15, 0.2) is 0 Å². The van der Waals surface area contributed by atoms with Gasteiger partial charge in [-0.1, -0.05) is 30.3 Å². The van der Waals surface area contributed by atoms with Gasteiger partial charge in [0.1, 0.15) is 0 Å². The molecule has 0 saturated heterocycles. The molecule has 0 atom stereocenters. The van der Waals surface area contributed by atoms with E-state index >= 15 is 0 Å². The van der Waals surface area contributed by atoms with Gasteiger partial charge in [-0.15, -0.1) is 0 Å². The van der Waals surface area contributed by atoms with E-state index in [1.807, 2.05) is 12.4 Å². The molecule has 1 N–H and O–H groups in total. The number of nitrogens with one attached hydrogen (secondary N) is 1. The van der Waals surface area contributed by atoms with Crippen LogP contribution in [0.25, 0.3) is 0 Å². The van der Waals surface area contributed by atoms with Crippen LogP contribution >= 0.6 is 0 Å². The van der Waals surface area contributed by atoms with Gasteiger partial charge in [0.05, 0.1) is 0 Å². The number of hydrogen-bond acceptors (Lipinski definition) is 2. The van der Waals surface area contributed by atoms with E-state index in [0.717, 1.165) is 18.9 Å². The summed E-state index contributed by atoms with van der Waals surface area (Å²) in [7, 11) is 0. The smallest absolute Gasteiger partial charge is 0.0270 e. The molecule has 2 heteroatoms. The summed E-state index contributed by atoms with van der Waals surface area (Å²) in [5.74, 6) is 0.764. The fraction of sp³-hybridized carbons (Fsp3) is 0.353. The summed E-state index contributed by atoms with van der Waals surface area (Å²) < 4.78 is 0. The molecule has 0 spiro atoms. The van der Waals surface area contributed by atoms with Crippen LogP contribution in [0.2, 0.25) is 0 Å². The molecule has 1 aromatic carbocycles. The van der Waals surface area contributed by atoms with Crippen molar-refractivity contribution in [2.24, 2.45) is 0 Å². The molecule has 0 amide bonds. The normalized spacial score (nSPS) is 21.9. The molecule has 1 fully saturated rings. The third-order valence-electron chi connectivity index (χ3n) is 4.01. The second-order valence-corrected chi connectivity index (χ2v) is 5.34. The number of hydrogen-bond donors (Lipinski definition) is 1. The zero-order chi connectivity index (χ0) is 12.9. The zero-order valence-electron chi connectivity index (χ0n) is 11.1. The average molecular weight is 252 g/mol. The van der Waals surface area contributed by atoms with E-state index in [1.54, 1.807) is 0 Å². The Morgan fingerprint density at radius 3 is 2.47 bits per heavy atom. The Labute approximate surface area is 114 Å². The lowest BCUT2D eigenvalue weighted by Gasteiger charge is -2.36. The molecule has 1 heterocycles. The van der Waals surface area contributed by atoms with E-state index in [0.29, 0.717) is 6.04 Å². The van der Waals surface area contributed by atoms with Gasteiger partial charge >= 0.3 is 0 Å². The monoisotopic (exact) mass is 252 g/mol. The second kappa shape index (κ2) is 5.98. The van der Waals surface area contributed by atoms with Crippen LogP contribution in [0, 0.1) is 0 Å². The van der Waals surface area contributed by atoms with Crippen molar-refractivity contribution in [1.29, 1.82) is 0 Å². The van der Waals surface area contributed by atoms with Gasteiger partial charge in [0.25, 0.3) is 0 Å². The molecule has 0 unspecified atom stereocenters. The minimum absolute atomic E-state index is 0.701. The molecule has 98 valence electrons. The molecule has 3 rings (SSSR count). The Morgan fingerprint density at radius 1 is 1.00 bits per heavy atom. The van der Waals surface area contributed by atoms with Crippen LogP contribution in [-0.4, -0.2) is 17.6 Å². The maximum atomic E-state index is 4.04. The third kappa shape index (κ3) is 3.21. The molecule has 1 saturated carbocycles. The Morgan fingerprint density at radius 2 is 1.74 bits per heavy atom. The summed E-state index contributed by atoms with van der Waals surface area (Å²) in [5.41, 5.74) is 2.86. The number of pyridine rings is 1. The number of rotatable bonds is 5. The second-order valence-electron chi connectivity index (χ2n) is 5.34. The summed E-state index contributed by atoms with van der Waals surface area (Å²) in [5, 5.41) is 3.65. The highest BCUT2D eigenvalue weighted by Crippen LogP contribution is 2.36. The van der Waals surface area contributed by atoms with Gasteiger partial charge in [-0.05, 0) is 55.0 Å². The SMILES string of the molecule is c1ccc(C2CC(NCCc3ccncc3)C2)cc1. The fourth-order valence-electron chi connectivity index (χ4n) is 2.75. The van der Waals surface area contributed by atoms with Crippen molar-refractivity contribution < 1.29 is 0 Å². The Bertz CT molecular complexity index is 489. The fourth-order valence-corrected chi connectivity index (χ4v) is 2.75. The molecular formula is C17H20N2. The highest BCUT2D eigenvalue weighted by molar-refractivity contribution is 5.22. The highest BCUT2D eigenvalue weighted by Gasteiger charge is 2.29. The first-order chi connectivity index (χ1) is 9.42. The lowest BCUT2D eigenvalue weighted by Crippen LogP contribution is -2.40. The molecule has 0 aliphatic heterocycles. The van der Waals surface area contributed by atoms with E-state index in [2.05, 4.69) is 52.8 Å². The summed E-state index contributed by atoms with van der Waals surface area (Å²) in [4.78, 5) is 4.04. The first-order valence-corrected chi connectivity index (χ1v) is 7.09. The lowest BCUT2D eigenvalue weighted by molar-refractivity contribution is 0.293. The van der Waals surface area contributed by atoms with Crippen molar-refractivity contribution in [3.63, 3.8) is 0 Å². The van der Waals surface area contributed by atoms with Crippen molar-refractivity contribution in [2.45, 2.75) is 31.2 Å². The van der Waals surface area contributed by atoms with Gasteiger partial charge < -0.3 is 5.32 Å². The van der Waals surface area contributed by atoms with Gasteiger partial charge in [-0.25, -0.2) is 0 Å². The average Bonchev–Trinajstić information content (AvgIpc) is 2.43. The van der Waals surface area contributed by atoms with E-state index in [-0.39, 0.29) is 0 Å². The minimum atomic E-state index is 0.701. The molecule has 2 nitrogen and oxygen atoms in total. The predicted octanol–water partition coefficient (Wildman–Crippen LogP) is 3.16. The molecular weight excluding hydrogens is 232 g/mol. The van der Waals surface area contributed by atoms with Crippen LogP contribution < -0.4 is 5.32 Å². The Kier molecular flexibility index (Phi) is 3.89. The van der Waals surface area contributed by atoms with E-state index in [4.69, 9.17) is 0 Å². The van der Waals surface area contributed by atoms with E-state index in [9.17, 15) is 0 Å². The van der Waals surface area contributed by atoms with Gasteiger partial charge in [0, 0.05) is 18.4 Å². The van der Waals surface area contributed by atoms with Crippen LogP contribution in [0.3, 0.4) is 0 Å². The van der Waals surface area contributed by atoms with Gasteiger partial charge in [0.2, 0.25) is 0 Å². The minimum Gasteiger partial charge on any atom is -0.314 e. The standard InChI is InChI=1S/C17H20N2/c1-2-4-15(5-3-1)16-12-17(13-16)19-11-8-14-6-9-18-10-7-14/h1-7,9-10,16-17,19H,8,11-13H2. The summed E-state index contributed by atoms with van der Waals surface area (Å²) in [6, 6.07) is 15.7. The summed E-state index contributed by atoms with van der Waals surface area (Å²) in [6.07, 6.45) is 7.38. The van der Waals surface area contributed by atoms with Crippen molar-refractivity contribution in [3.05, 3.63) is 66.0 Å². The molecule has 1 aliphatic rings. The number of benzene rings is 1. The van der Waals surface area contributed by atoms with Crippen LogP contribution in [-0.2, 0) is 6.42 Å². The quantitative estimate of drug-likeness (QED) is 0.884. The van der Waals surface area contributed by atoms with Crippen LogP contribution in [0.15, 0.2) is 54.9 Å². The van der Waals surface area contributed by atoms with Crippen molar-refractivity contribution >= 4 is 0 Å². The molecule has 2 aromatic rings. The summed E-state index contributed by atoms with van der Waals surface area (Å²) >= 11 is 0. The first kappa shape index (κ1) is 12.4. The Hall–Kier alpha value is -1.67. The predicted molar refractivity (Wildman–Crippen MR) is 78.1 cm³/mol. The highest BCUT2D eigenvalue weighted by atomic mass is 14.9. The molecule has 0 bridgehead atoms. The molecule has 1 aromatic heterocycles. The van der Waals surface area contributed by atoms with E-state index < -0.39 is 0 Å². The molecule has 19 heavy (non-hydrogen) atoms. The maximum absolute atomic E-state index is 4.04. The number of aromatic nitrogens is 1. The van der Waals surface area contributed by atoms with Crippen LogP contribution in [0.5, 0.6) is 0 Å². The van der Waals surface area contributed by atoms with Gasteiger partial charge in [-0.3, -0.25) is 4.98 Å². The summed E-state index contributed by atoms with van der Waals surface area (Å²) in [6.45, 7) is 1.07. The third-order valence-corrected chi connectivity index (χ3v) is 4.01. The first-order valence-electron chi connectivity index (χ1n) is 7.09. The zero-order valence-corrected chi connectivity index (χ0v) is 11.1. The lowest BCUT2D eigenvalue weighted by atomic mass is 9.76. The van der Waals surface area contributed by atoms with Crippen LogP contribution in [0.1, 0.15) is 29.9 Å². The van der Waals surface area contributed by atoms with Crippen molar-refractivity contribution in [2.75, 3.05) is 6.54 Å². The molecule has 0 radical (unpaired) electrons. The topological polar surface area (TPSA) is 24.9 Å². The van der Waals surface area contributed by atoms with E-state index in [1.165, 1.54) is 24.0 Å². The number of nitrogens with zero attached hydrogens (tertiary/aromatic N) is 1. The van der Waals surface area contributed by atoms with Gasteiger partial charge in [-0.2, -0.15) is 0 Å². The largest absolute Gasteiger partial charge is 0.314 e. The maximum Gasteiger partial charge on any atom is 0.0270 e. The molecule has 1 aliphatic carbocycles. The van der Waals surface area contributed by atoms with Crippen LogP contribution in [0.4, 0.5) is 0 Å².